The molecule has 2 fully saturated rings. The minimum absolute atomic E-state index is 0. The van der Waals surface area contributed by atoms with E-state index in [0.717, 1.165) is 18.9 Å². The van der Waals surface area contributed by atoms with Crippen molar-refractivity contribution >= 4 is 29.0 Å². The van der Waals surface area contributed by atoms with Crippen molar-refractivity contribution in [3.63, 3.8) is 0 Å². The molecule has 0 radical (unpaired) electrons. The van der Waals surface area contributed by atoms with Crippen LogP contribution < -0.4 is 32.5 Å². The monoisotopic (exact) mass is 417 g/mol. The highest BCUT2D eigenvalue weighted by Gasteiger charge is 2.37. The molecule has 2 aromatic rings. The Morgan fingerprint density at radius 2 is 1.96 bits per heavy atom. The number of alkyl halides is 1. The Hall–Kier alpha value is -2.33. The molecule has 1 aromatic carbocycles. The first kappa shape index (κ1) is 20.4. The zero-order valence-corrected chi connectivity index (χ0v) is 16.0. The van der Waals surface area contributed by atoms with Crippen LogP contribution in [0.2, 0.25) is 0 Å². The summed E-state index contributed by atoms with van der Waals surface area (Å²) in [6.45, 7) is 0.320. The number of aromatic nitrogens is 2. The number of anilines is 1. The lowest BCUT2D eigenvalue weighted by Gasteiger charge is -2.24. The number of rotatable bonds is 4. The number of hydrogen-bond acceptors (Lipinski definition) is 6. The van der Waals surface area contributed by atoms with Gasteiger partial charge in [-0.1, -0.05) is 0 Å². The third kappa shape index (κ3) is 2.91. The predicted molar refractivity (Wildman–Crippen MR) is 104 cm³/mol. The average Bonchev–Trinajstić information content (AvgIpc) is 3.41. The fourth-order valence-corrected chi connectivity index (χ4v) is 3.83. The van der Waals surface area contributed by atoms with Crippen molar-refractivity contribution in [1.82, 2.24) is 9.24 Å². The first-order valence-electron chi connectivity index (χ1n) is 8.80. The van der Waals surface area contributed by atoms with E-state index >= 15 is 0 Å². The Balaban J connectivity index is 0.00000225. The average molecular weight is 418 g/mol. The lowest BCUT2D eigenvalue weighted by molar-refractivity contribution is 0.289. The minimum Gasteiger partial charge on any atom is -0.492 e. The van der Waals surface area contributed by atoms with E-state index in [4.69, 9.17) is 16.3 Å². The van der Waals surface area contributed by atoms with Crippen LogP contribution in [0, 0.1) is 11.7 Å². The van der Waals surface area contributed by atoms with Gasteiger partial charge in [0.1, 0.15) is 17.4 Å². The summed E-state index contributed by atoms with van der Waals surface area (Å²) in [4.78, 5) is 26.6. The minimum atomic E-state index is -1.20. The van der Waals surface area contributed by atoms with Crippen molar-refractivity contribution < 1.29 is 13.5 Å². The van der Waals surface area contributed by atoms with Crippen LogP contribution in [-0.4, -0.2) is 42.2 Å². The summed E-state index contributed by atoms with van der Waals surface area (Å²) in [5.74, 6) is 4.49. The van der Waals surface area contributed by atoms with E-state index in [1.807, 2.05) is 0 Å². The van der Waals surface area contributed by atoms with Gasteiger partial charge in [0.15, 0.2) is 11.6 Å². The first-order chi connectivity index (χ1) is 12.9. The number of nitrogen functional groups attached to an aromatic ring is 1. The Labute approximate surface area is 165 Å². The molecule has 8 nitrogen and oxygen atoms in total. The highest BCUT2D eigenvalue weighted by molar-refractivity contribution is 5.91. The van der Waals surface area contributed by atoms with Crippen molar-refractivity contribution in [3.05, 3.63) is 32.7 Å². The summed E-state index contributed by atoms with van der Waals surface area (Å²) in [7, 11) is 1.33. The summed E-state index contributed by atoms with van der Waals surface area (Å²) in [5, 5.41) is -0.0477. The lowest BCUT2D eigenvalue weighted by atomic mass is 10.1. The standard InChI is InChI=1S/C17H21F2N5O3.ClH/c1-27-15-13-10(16(25)24(21)17(26)23(13)9-2-3-9)4-11(18)14(15)22-6-8(5-20)12(19)7-22;/h4,8-9,12H,2-3,5-7,20-21H2,1H3;1H/t8-,12+;/m1./s1. The SMILES string of the molecule is COc1c(N2C[C@@H](CN)[C@@H](F)C2)c(F)cc2c(=O)n(N)c(=O)n(C3CC3)c12.Cl. The summed E-state index contributed by atoms with van der Waals surface area (Å²) < 4.78 is 36.5. The Bertz CT molecular complexity index is 1040. The largest absolute Gasteiger partial charge is 0.492 e. The van der Waals surface area contributed by atoms with Gasteiger partial charge < -0.3 is 21.2 Å². The summed E-state index contributed by atoms with van der Waals surface area (Å²) in [6, 6.07) is 0.909. The molecule has 2 atom stereocenters. The molecule has 2 heterocycles. The van der Waals surface area contributed by atoms with Gasteiger partial charge in [0.2, 0.25) is 0 Å². The van der Waals surface area contributed by atoms with Gasteiger partial charge in [0.25, 0.3) is 5.56 Å². The second-order valence-corrected chi connectivity index (χ2v) is 7.11. The summed E-state index contributed by atoms with van der Waals surface area (Å²) >= 11 is 0. The van der Waals surface area contributed by atoms with E-state index in [0.29, 0.717) is 4.68 Å². The number of benzene rings is 1. The van der Waals surface area contributed by atoms with Crippen molar-refractivity contribution in [3.8, 4) is 5.75 Å². The molecule has 1 saturated heterocycles. The van der Waals surface area contributed by atoms with Crippen LogP contribution in [0.4, 0.5) is 14.5 Å². The van der Waals surface area contributed by atoms with Gasteiger partial charge in [0, 0.05) is 25.0 Å². The number of halogens is 3. The molecule has 0 bridgehead atoms. The molecule has 0 unspecified atom stereocenters. The van der Waals surface area contributed by atoms with Crippen LogP contribution in [0.15, 0.2) is 15.7 Å². The molecular formula is C17H22ClF2N5O3. The van der Waals surface area contributed by atoms with Gasteiger partial charge in [-0.25, -0.2) is 13.6 Å². The molecule has 4 rings (SSSR count). The van der Waals surface area contributed by atoms with Crippen molar-refractivity contribution in [2.24, 2.45) is 11.7 Å². The molecule has 1 saturated carbocycles. The molecular weight excluding hydrogens is 396 g/mol. The first-order valence-corrected chi connectivity index (χ1v) is 8.80. The van der Waals surface area contributed by atoms with Crippen molar-refractivity contribution in [2.75, 3.05) is 37.5 Å². The molecule has 2 aliphatic rings. The molecule has 1 aliphatic heterocycles. The maximum Gasteiger partial charge on any atom is 0.350 e. The topological polar surface area (TPSA) is 109 Å². The fraction of sp³-hybridized carbons (Fsp3) is 0.529. The van der Waals surface area contributed by atoms with Crippen LogP contribution in [0.1, 0.15) is 18.9 Å². The quantitative estimate of drug-likeness (QED) is 0.702. The Kier molecular flexibility index (Phi) is 5.28. The summed E-state index contributed by atoms with van der Waals surface area (Å²) in [6.07, 6.45) is 0.292. The van der Waals surface area contributed by atoms with Crippen molar-refractivity contribution in [2.45, 2.75) is 25.1 Å². The van der Waals surface area contributed by atoms with Gasteiger partial charge in [-0.05, 0) is 25.5 Å². The van der Waals surface area contributed by atoms with Crippen LogP contribution in [0.25, 0.3) is 10.9 Å². The van der Waals surface area contributed by atoms with Crippen molar-refractivity contribution in [1.29, 1.82) is 0 Å². The smallest absolute Gasteiger partial charge is 0.350 e. The number of fused-ring (bicyclic) bond motifs is 1. The second kappa shape index (κ2) is 7.25. The lowest BCUT2D eigenvalue weighted by Crippen LogP contribution is -2.44. The van der Waals surface area contributed by atoms with E-state index in [9.17, 15) is 18.4 Å². The number of hydrogen-bond donors (Lipinski definition) is 2. The molecule has 1 aromatic heterocycles. The molecule has 0 amide bonds. The highest BCUT2D eigenvalue weighted by atomic mass is 35.5. The molecule has 4 N–H and O–H groups in total. The fourth-order valence-electron chi connectivity index (χ4n) is 3.83. The maximum atomic E-state index is 15.0. The van der Waals surface area contributed by atoms with E-state index in [-0.39, 0.29) is 60.4 Å². The molecule has 0 spiro atoms. The molecule has 28 heavy (non-hydrogen) atoms. The van der Waals surface area contributed by atoms with Gasteiger partial charge >= 0.3 is 5.69 Å². The maximum absolute atomic E-state index is 15.0. The van der Waals surface area contributed by atoms with Gasteiger partial charge in [-0.15, -0.1) is 12.4 Å². The van der Waals surface area contributed by atoms with Gasteiger partial charge in [-0.3, -0.25) is 9.36 Å². The normalized spacial score (nSPS) is 21.8. The Morgan fingerprint density at radius 1 is 1.29 bits per heavy atom. The highest BCUT2D eigenvalue weighted by Crippen LogP contribution is 2.43. The third-order valence-electron chi connectivity index (χ3n) is 5.38. The number of ether oxygens (including phenoxy) is 1. The van der Waals surface area contributed by atoms with Crippen LogP contribution in [0.5, 0.6) is 5.75 Å². The van der Waals surface area contributed by atoms with Crippen LogP contribution >= 0.6 is 12.4 Å². The van der Waals surface area contributed by atoms with Gasteiger partial charge in [-0.2, -0.15) is 4.68 Å². The van der Waals surface area contributed by atoms with E-state index in [1.165, 1.54) is 16.6 Å². The number of nitrogens with zero attached hydrogens (tertiary/aromatic N) is 3. The second-order valence-electron chi connectivity index (χ2n) is 7.11. The van der Waals surface area contributed by atoms with Crippen LogP contribution in [0.3, 0.4) is 0 Å². The van der Waals surface area contributed by atoms with E-state index in [2.05, 4.69) is 0 Å². The predicted octanol–water partition coefficient (Wildman–Crippen LogP) is 0.514. The molecule has 1 aliphatic carbocycles. The number of methoxy groups -OCH3 is 1. The zero-order chi connectivity index (χ0) is 19.5. The molecule has 154 valence electrons. The number of nitrogens with two attached hydrogens (primary N) is 2. The van der Waals surface area contributed by atoms with E-state index < -0.39 is 29.2 Å². The summed E-state index contributed by atoms with van der Waals surface area (Å²) in [5.41, 5.74) is 4.34. The van der Waals surface area contributed by atoms with Gasteiger partial charge in [0.05, 0.1) is 12.5 Å². The third-order valence-corrected chi connectivity index (χ3v) is 5.38. The van der Waals surface area contributed by atoms with E-state index in [1.54, 1.807) is 0 Å². The Morgan fingerprint density at radius 3 is 2.50 bits per heavy atom. The zero-order valence-electron chi connectivity index (χ0n) is 15.2. The molecule has 11 heteroatoms. The van der Waals surface area contributed by atoms with Crippen LogP contribution in [-0.2, 0) is 0 Å².